The maximum Gasteiger partial charge on any atom is 0.200 e. The van der Waals surface area contributed by atoms with E-state index >= 15 is 0 Å². The second-order valence-corrected chi connectivity index (χ2v) is 3.29. The van der Waals surface area contributed by atoms with Gasteiger partial charge in [0.2, 0.25) is 0 Å². The smallest absolute Gasteiger partial charge is 0.200 e. The van der Waals surface area contributed by atoms with Crippen molar-refractivity contribution >= 4 is 17.5 Å². The van der Waals surface area contributed by atoms with E-state index in [9.17, 15) is 0 Å². The molecule has 3 nitrogen and oxygen atoms in total. The van der Waals surface area contributed by atoms with E-state index in [4.69, 9.17) is 11.6 Å². The van der Waals surface area contributed by atoms with Crippen molar-refractivity contribution in [3.8, 4) is 0 Å². The lowest BCUT2D eigenvalue weighted by atomic mass is 10.2. The molecular formula is C10H10ClN3. The van der Waals surface area contributed by atoms with E-state index in [-0.39, 0.29) is 0 Å². The standard InChI is InChI=1S/C10H10ClN3/c11-9-4-2-1-3-8(9)7-14-10-12-5-6-13-10/h1-6H,7H2,(H2,12,13,14). The molecule has 0 bridgehead atoms. The molecule has 0 aliphatic heterocycles. The Bertz CT molecular complexity index is 398. The normalized spacial score (nSPS) is 10.1. The highest BCUT2D eigenvalue weighted by Gasteiger charge is 1.98. The van der Waals surface area contributed by atoms with Crippen molar-refractivity contribution in [2.24, 2.45) is 0 Å². The molecule has 72 valence electrons. The van der Waals surface area contributed by atoms with Crippen LogP contribution >= 0.6 is 11.6 Å². The third-order valence-electron chi connectivity index (χ3n) is 1.90. The topological polar surface area (TPSA) is 40.7 Å². The number of rotatable bonds is 3. The molecule has 0 saturated heterocycles. The van der Waals surface area contributed by atoms with Crippen LogP contribution in [0, 0.1) is 0 Å². The monoisotopic (exact) mass is 207 g/mol. The lowest BCUT2D eigenvalue weighted by molar-refractivity contribution is 1.09. The third kappa shape index (κ3) is 2.06. The maximum atomic E-state index is 5.99. The molecule has 4 heteroatoms. The number of nitrogens with one attached hydrogen (secondary N) is 2. The van der Waals surface area contributed by atoms with E-state index < -0.39 is 0 Å². The number of anilines is 1. The van der Waals surface area contributed by atoms with E-state index in [0.29, 0.717) is 6.54 Å². The number of aromatic amines is 1. The molecule has 1 aromatic heterocycles. The Balaban J connectivity index is 2.02. The van der Waals surface area contributed by atoms with Crippen LogP contribution in [0.2, 0.25) is 5.02 Å². The fourth-order valence-electron chi connectivity index (χ4n) is 1.18. The molecule has 2 rings (SSSR count). The van der Waals surface area contributed by atoms with Crippen LogP contribution in [0.1, 0.15) is 5.56 Å². The summed E-state index contributed by atoms with van der Waals surface area (Å²) in [6.07, 6.45) is 3.48. The Morgan fingerprint density at radius 3 is 2.93 bits per heavy atom. The second kappa shape index (κ2) is 4.15. The molecular weight excluding hydrogens is 198 g/mol. The van der Waals surface area contributed by atoms with Gasteiger partial charge in [-0.1, -0.05) is 29.8 Å². The fourth-order valence-corrected chi connectivity index (χ4v) is 1.39. The van der Waals surface area contributed by atoms with Gasteiger partial charge in [-0.3, -0.25) is 0 Å². The van der Waals surface area contributed by atoms with Gasteiger partial charge >= 0.3 is 0 Å². The summed E-state index contributed by atoms with van der Waals surface area (Å²) in [5.74, 6) is 0.755. The van der Waals surface area contributed by atoms with Crippen LogP contribution in [0.25, 0.3) is 0 Å². The van der Waals surface area contributed by atoms with Gasteiger partial charge in [-0.15, -0.1) is 0 Å². The Morgan fingerprint density at radius 2 is 2.21 bits per heavy atom. The van der Waals surface area contributed by atoms with Gasteiger partial charge in [0.05, 0.1) is 0 Å². The summed E-state index contributed by atoms with van der Waals surface area (Å²) >= 11 is 5.99. The number of hydrogen-bond donors (Lipinski definition) is 2. The summed E-state index contributed by atoms with van der Waals surface area (Å²) in [6.45, 7) is 0.674. The molecule has 0 radical (unpaired) electrons. The van der Waals surface area contributed by atoms with Gasteiger partial charge in [-0.25, -0.2) is 4.98 Å². The van der Waals surface area contributed by atoms with Crippen molar-refractivity contribution in [1.82, 2.24) is 9.97 Å². The van der Waals surface area contributed by atoms with E-state index in [1.54, 1.807) is 12.4 Å². The maximum absolute atomic E-state index is 5.99. The lowest BCUT2D eigenvalue weighted by Crippen LogP contribution is -2.01. The van der Waals surface area contributed by atoms with Crippen LogP contribution in [0.15, 0.2) is 36.7 Å². The Kier molecular flexibility index (Phi) is 2.70. The van der Waals surface area contributed by atoms with Crippen LogP contribution in [-0.4, -0.2) is 9.97 Å². The molecule has 0 atom stereocenters. The van der Waals surface area contributed by atoms with Gasteiger partial charge in [-0.05, 0) is 11.6 Å². The van der Waals surface area contributed by atoms with Crippen LogP contribution in [0.4, 0.5) is 5.95 Å². The number of nitrogens with zero attached hydrogens (tertiary/aromatic N) is 1. The minimum Gasteiger partial charge on any atom is -0.352 e. The highest BCUT2D eigenvalue weighted by atomic mass is 35.5. The van der Waals surface area contributed by atoms with Crippen molar-refractivity contribution in [1.29, 1.82) is 0 Å². The Labute approximate surface area is 87.1 Å². The van der Waals surface area contributed by atoms with Crippen LogP contribution in [0.3, 0.4) is 0 Å². The minimum atomic E-state index is 0.674. The van der Waals surface area contributed by atoms with Gasteiger partial charge in [0, 0.05) is 24.0 Å². The van der Waals surface area contributed by atoms with Gasteiger partial charge in [0.1, 0.15) is 0 Å². The average molecular weight is 208 g/mol. The van der Waals surface area contributed by atoms with Crippen molar-refractivity contribution in [3.63, 3.8) is 0 Å². The van der Waals surface area contributed by atoms with Gasteiger partial charge in [-0.2, -0.15) is 0 Å². The number of imidazole rings is 1. The second-order valence-electron chi connectivity index (χ2n) is 2.88. The molecule has 0 unspecified atom stereocenters. The molecule has 1 aromatic carbocycles. The highest BCUT2D eigenvalue weighted by molar-refractivity contribution is 6.31. The van der Waals surface area contributed by atoms with Crippen LogP contribution in [-0.2, 0) is 6.54 Å². The van der Waals surface area contributed by atoms with Gasteiger partial charge in [0.15, 0.2) is 5.95 Å². The van der Waals surface area contributed by atoms with Crippen LogP contribution < -0.4 is 5.32 Å². The number of halogens is 1. The van der Waals surface area contributed by atoms with Crippen molar-refractivity contribution < 1.29 is 0 Å². The first-order valence-corrected chi connectivity index (χ1v) is 4.71. The molecule has 0 saturated carbocycles. The largest absolute Gasteiger partial charge is 0.352 e. The fraction of sp³-hybridized carbons (Fsp3) is 0.100. The zero-order chi connectivity index (χ0) is 9.80. The minimum absolute atomic E-state index is 0.674. The SMILES string of the molecule is Clc1ccccc1CNc1ncc[nH]1. The van der Waals surface area contributed by atoms with E-state index in [1.807, 2.05) is 24.3 Å². The van der Waals surface area contributed by atoms with E-state index in [0.717, 1.165) is 16.5 Å². The van der Waals surface area contributed by atoms with Gasteiger partial charge < -0.3 is 10.3 Å². The van der Waals surface area contributed by atoms with E-state index in [2.05, 4.69) is 15.3 Å². The molecule has 0 fully saturated rings. The number of benzene rings is 1. The van der Waals surface area contributed by atoms with Crippen molar-refractivity contribution in [2.75, 3.05) is 5.32 Å². The molecule has 2 N–H and O–H groups in total. The predicted molar refractivity (Wildman–Crippen MR) is 57.4 cm³/mol. The zero-order valence-corrected chi connectivity index (χ0v) is 8.25. The quantitative estimate of drug-likeness (QED) is 0.813. The summed E-state index contributed by atoms with van der Waals surface area (Å²) in [5.41, 5.74) is 1.06. The molecule has 1 heterocycles. The highest BCUT2D eigenvalue weighted by Crippen LogP contribution is 2.15. The first-order valence-electron chi connectivity index (χ1n) is 4.33. The summed E-state index contributed by atoms with van der Waals surface area (Å²) in [6, 6.07) is 7.74. The summed E-state index contributed by atoms with van der Waals surface area (Å²) < 4.78 is 0. The number of H-pyrrole nitrogens is 1. The van der Waals surface area contributed by atoms with Crippen molar-refractivity contribution in [3.05, 3.63) is 47.2 Å². The first kappa shape index (κ1) is 9.09. The molecule has 14 heavy (non-hydrogen) atoms. The predicted octanol–water partition coefficient (Wildman–Crippen LogP) is 2.68. The van der Waals surface area contributed by atoms with Crippen molar-refractivity contribution in [2.45, 2.75) is 6.54 Å². The summed E-state index contributed by atoms with van der Waals surface area (Å²) in [4.78, 5) is 7.01. The zero-order valence-electron chi connectivity index (χ0n) is 7.50. The van der Waals surface area contributed by atoms with E-state index in [1.165, 1.54) is 0 Å². The Morgan fingerprint density at radius 1 is 1.36 bits per heavy atom. The molecule has 0 aliphatic rings. The van der Waals surface area contributed by atoms with Crippen LogP contribution in [0.5, 0.6) is 0 Å². The molecule has 0 aliphatic carbocycles. The summed E-state index contributed by atoms with van der Waals surface area (Å²) in [5, 5.41) is 3.90. The number of hydrogen-bond acceptors (Lipinski definition) is 2. The molecule has 0 spiro atoms. The number of aromatic nitrogens is 2. The molecule has 2 aromatic rings. The summed E-state index contributed by atoms with van der Waals surface area (Å²) in [7, 11) is 0. The average Bonchev–Trinajstić information content (AvgIpc) is 2.69. The first-order chi connectivity index (χ1) is 6.86. The van der Waals surface area contributed by atoms with Gasteiger partial charge in [0.25, 0.3) is 0 Å². The lowest BCUT2D eigenvalue weighted by Gasteiger charge is -2.04. The molecule has 0 amide bonds. The third-order valence-corrected chi connectivity index (χ3v) is 2.27. The Hall–Kier alpha value is -1.48.